The van der Waals surface area contributed by atoms with Crippen LogP contribution in [-0.4, -0.2) is 29.3 Å². The molecule has 2 aliphatic rings. The smallest absolute Gasteiger partial charge is 0.325 e. The van der Waals surface area contributed by atoms with Crippen LogP contribution in [0.3, 0.4) is 0 Å². The van der Waals surface area contributed by atoms with Gasteiger partial charge in [0.05, 0.1) is 6.04 Å². The molecule has 4 rings (SSSR count). The zero-order valence-electron chi connectivity index (χ0n) is 15.1. The third kappa shape index (κ3) is 2.97. The van der Waals surface area contributed by atoms with Crippen molar-refractivity contribution in [1.82, 2.24) is 15.5 Å². The molecule has 0 bridgehead atoms. The molecule has 0 aromatic heterocycles. The van der Waals surface area contributed by atoms with E-state index >= 15 is 0 Å². The molecule has 27 heavy (non-hydrogen) atoms. The Bertz CT molecular complexity index is 912. The lowest BCUT2D eigenvalue weighted by atomic mass is 9.92. The topological polar surface area (TPSA) is 78.5 Å². The minimum Gasteiger partial charge on any atom is -0.348 e. The fourth-order valence-electron chi connectivity index (χ4n) is 3.90. The van der Waals surface area contributed by atoms with Crippen LogP contribution >= 0.6 is 0 Å². The average molecular weight is 363 g/mol. The molecule has 2 aromatic carbocycles. The van der Waals surface area contributed by atoms with Crippen molar-refractivity contribution in [3.05, 3.63) is 71.3 Å². The number of hydrogen-bond donors (Lipinski definition) is 2. The monoisotopic (exact) mass is 363 g/mol. The summed E-state index contributed by atoms with van der Waals surface area (Å²) in [5, 5.41) is 5.68. The van der Waals surface area contributed by atoms with Gasteiger partial charge < -0.3 is 10.6 Å². The maximum absolute atomic E-state index is 12.9. The van der Waals surface area contributed by atoms with Gasteiger partial charge in [-0.15, -0.1) is 0 Å². The second-order valence-electron chi connectivity index (χ2n) is 7.17. The van der Waals surface area contributed by atoms with Crippen molar-refractivity contribution in [2.24, 2.45) is 0 Å². The van der Waals surface area contributed by atoms with E-state index in [1.54, 1.807) is 19.1 Å². The molecular weight excluding hydrogens is 342 g/mol. The van der Waals surface area contributed by atoms with Gasteiger partial charge in [-0.3, -0.25) is 14.5 Å². The number of nitrogens with zero attached hydrogens (tertiary/aromatic N) is 1. The summed E-state index contributed by atoms with van der Waals surface area (Å²) >= 11 is 0. The summed E-state index contributed by atoms with van der Waals surface area (Å²) in [6.45, 7) is 1.37. The summed E-state index contributed by atoms with van der Waals surface area (Å²) in [6, 6.07) is 16.4. The Kier molecular flexibility index (Phi) is 4.18. The molecule has 1 saturated heterocycles. The Morgan fingerprint density at radius 3 is 2.63 bits per heavy atom. The molecule has 2 N–H and O–H groups in total. The average Bonchev–Trinajstić information content (AvgIpc) is 3.17. The maximum Gasteiger partial charge on any atom is 0.325 e. The van der Waals surface area contributed by atoms with Crippen LogP contribution in [-0.2, 0) is 21.5 Å². The second kappa shape index (κ2) is 6.54. The third-order valence-electron chi connectivity index (χ3n) is 5.40. The van der Waals surface area contributed by atoms with Gasteiger partial charge in [0.15, 0.2) is 0 Å². The van der Waals surface area contributed by atoms with Gasteiger partial charge in [0, 0.05) is 0 Å². The first kappa shape index (κ1) is 17.3. The van der Waals surface area contributed by atoms with Crippen LogP contribution in [0, 0.1) is 0 Å². The van der Waals surface area contributed by atoms with E-state index in [0.717, 1.165) is 23.3 Å². The minimum absolute atomic E-state index is 0.0741. The summed E-state index contributed by atoms with van der Waals surface area (Å²) in [6.07, 6.45) is 1.74. The van der Waals surface area contributed by atoms with Crippen molar-refractivity contribution < 1.29 is 14.4 Å². The fraction of sp³-hybridized carbons (Fsp3) is 0.286. The molecule has 2 aromatic rings. The standard InChI is InChI=1S/C21H21N3O3/c1-21(15-8-3-2-4-9-15)19(26)24(20(27)23-21)13-18(25)22-17-12-11-14-7-5-6-10-16(14)17/h2-10,17H,11-13H2,1H3,(H,22,25)(H,23,27). The van der Waals surface area contributed by atoms with Crippen LogP contribution in [0.5, 0.6) is 0 Å². The van der Waals surface area contributed by atoms with Crippen LogP contribution in [0.1, 0.15) is 36.1 Å². The molecule has 2 unspecified atom stereocenters. The highest BCUT2D eigenvalue weighted by molar-refractivity contribution is 6.09. The van der Waals surface area contributed by atoms with Gasteiger partial charge in [0.25, 0.3) is 5.91 Å². The van der Waals surface area contributed by atoms with Crippen molar-refractivity contribution in [3.8, 4) is 0 Å². The van der Waals surface area contributed by atoms with Gasteiger partial charge in [-0.25, -0.2) is 4.79 Å². The number of fused-ring (bicyclic) bond motifs is 1. The summed E-state index contributed by atoms with van der Waals surface area (Å²) < 4.78 is 0. The summed E-state index contributed by atoms with van der Waals surface area (Å²) in [7, 11) is 0. The largest absolute Gasteiger partial charge is 0.348 e. The van der Waals surface area contributed by atoms with E-state index in [4.69, 9.17) is 0 Å². The number of benzene rings is 2. The first-order valence-corrected chi connectivity index (χ1v) is 9.06. The molecule has 6 nitrogen and oxygen atoms in total. The lowest BCUT2D eigenvalue weighted by Gasteiger charge is -2.22. The van der Waals surface area contributed by atoms with Crippen molar-refractivity contribution in [2.45, 2.75) is 31.3 Å². The van der Waals surface area contributed by atoms with Crippen LogP contribution in [0.25, 0.3) is 0 Å². The van der Waals surface area contributed by atoms with E-state index < -0.39 is 17.5 Å². The molecular formula is C21H21N3O3. The van der Waals surface area contributed by atoms with Gasteiger partial charge in [-0.2, -0.15) is 0 Å². The molecule has 1 aliphatic carbocycles. The van der Waals surface area contributed by atoms with Gasteiger partial charge in [0.1, 0.15) is 12.1 Å². The van der Waals surface area contributed by atoms with Gasteiger partial charge >= 0.3 is 6.03 Å². The first-order valence-electron chi connectivity index (χ1n) is 9.06. The number of hydrogen-bond acceptors (Lipinski definition) is 3. The number of nitrogens with one attached hydrogen (secondary N) is 2. The highest BCUT2D eigenvalue weighted by atomic mass is 16.2. The first-order chi connectivity index (χ1) is 13.0. The van der Waals surface area contributed by atoms with Gasteiger partial charge in [-0.05, 0) is 36.5 Å². The van der Waals surface area contributed by atoms with E-state index in [1.165, 1.54) is 5.56 Å². The van der Waals surface area contributed by atoms with E-state index in [0.29, 0.717) is 5.56 Å². The molecule has 0 radical (unpaired) electrons. The molecule has 2 atom stereocenters. The Balaban J connectivity index is 1.46. The molecule has 138 valence electrons. The summed E-state index contributed by atoms with van der Waals surface area (Å²) in [4.78, 5) is 38.7. The highest BCUT2D eigenvalue weighted by Gasteiger charge is 2.49. The zero-order chi connectivity index (χ0) is 19.0. The normalized spacial score (nSPS) is 23.9. The number of aryl methyl sites for hydroxylation is 1. The number of imide groups is 1. The van der Waals surface area contributed by atoms with Gasteiger partial charge in [-0.1, -0.05) is 54.6 Å². The molecule has 4 amide bonds. The number of amides is 4. The number of carbonyl (C=O) groups excluding carboxylic acids is 3. The Labute approximate surface area is 157 Å². The molecule has 0 spiro atoms. The predicted octanol–water partition coefficient (Wildman–Crippen LogP) is 2.26. The zero-order valence-corrected chi connectivity index (χ0v) is 15.1. The lowest BCUT2D eigenvalue weighted by Crippen LogP contribution is -2.43. The fourth-order valence-corrected chi connectivity index (χ4v) is 3.90. The second-order valence-corrected chi connectivity index (χ2v) is 7.17. The third-order valence-corrected chi connectivity index (χ3v) is 5.40. The number of urea groups is 1. The van der Waals surface area contributed by atoms with Crippen LogP contribution < -0.4 is 10.6 Å². The predicted molar refractivity (Wildman–Crippen MR) is 99.7 cm³/mol. The number of carbonyl (C=O) groups is 3. The summed E-state index contributed by atoms with van der Waals surface area (Å²) in [5.41, 5.74) is 1.88. The molecule has 1 heterocycles. The summed E-state index contributed by atoms with van der Waals surface area (Å²) in [5.74, 6) is -0.752. The molecule has 0 saturated carbocycles. The van der Waals surface area contributed by atoms with Crippen LogP contribution in [0.15, 0.2) is 54.6 Å². The quantitative estimate of drug-likeness (QED) is 0.818. The number of rotatable bonds is 4. The van der Waals surface area contributed by atoms with E-state index in [-0.39, 0.29) is 18.5 Å². The lowest BCUT2D eigenvalue weighted by molar-refractivity contribution is -0.135. The van der Waals surface area contributed by atoms with Crippen molar-refractivity contribution in [2.75, 3.05) is 6.54 Å². The molecule has 1 fully saturated rings. The van der Waals surface area contributed by atoms with Crippen molar-refractivity contribution in [3.63, 3.8) is 0 Å². The van der Waals surface area contributed by atoms with E-state index in [2.05, 4.69) is 16.7 Å². The van der Waals surface area contributed by atoms with Crippen LogP contribution in [0.4, 0.5) is 4.79 Å². The maximum atomic E-state index is 12.9. The Morgan fingerprint density at radius 1 is 1.15 bits per heavy atom. The van der Waals surface area contributed by atoms with Crippen LogP contribution in [0.2, 0.25) is 0 Å². The molecule has 6 heteroatoms. The highest BCUT2D eigenvalue weighted by Crippen LogP contribution is 2.31. The Hall–Kier alpha value is -3.15. The molecule has 1 aliphatic heterocycles. The van der Waals surface area contributed by atoms with Crippen molar-refractivity contribution >= 4 is 17.8 Å². The van der Waals surface area contributed by atoms with Crippen molar-refractivity contribution in [1.29, 1.82) is 0 Å². The minimum atomic E-state index is -1.15. The van der Waals surface area contributed by atoms with E-state index in [9.17, 15) is 14.4 Å². The Morgan fingerprint density at radius 2 is 1.85 bits per heavy atom. The van der Waals surface area contributed by atoms with E-state index in [1.807, 2.05) is 36.4 Å². The SMILES string of the molecule is CC1(c2ccccc2)NC(=O)N(CC(=O)NC2CCc3ccccc32)C1=O. The van der Waals surface area contributed by atoms with Gasteiger partial charge in [0.2, 0.25) is 5.91 Å².